The number of methoxy groups -OCH3 is 1. The van der Waals surface area contributed by atoms with E-state index in [1.54, 1.807) is 24.3 Å². The Kier molecular flexibility index (Phi) is 4.31. The first kappa shape index (κ1) is 14.7. The second-order valence-corrected chi connectivity index (χ2v) is 4.56. The Morgan fingerprint density at radius 1 is 1.33 bits per heavy atom. The number of hydrogen-bond donors (Lipinski definition) is 2. The van der Waals surface area contributed by atoms with Gasteiger partial charge in [-0.1, -0.05) is 11.6 Å². The Balaban J connectivity index is 2.35. The number of benzene rings is 2. The van der Waals surface area contributed by atoms with Gasteiger partial charge in [-0.2, -0.15) is 5.26 Å². The predicted octanol–water partition coefficient (Wildman–Crippen LogP) is 3.66. The maximum Gasteiger partial charge on any atom is 0.339 e. The zero-order chi connectivity index (χ0) is 15.4. The molecule has 0 bridgehead atoms. The van der Waals surface area contributed by atoms with Crippen LogP contribution in [-0.4, -0.2) is 18.2 Å². The monoisotopic (exact) mass is 302 g/mol. The summed E-state index contributed by atoms with van der Waals surface area (Å²) in [4.78, 5) is 11.1. The van der Waals surface area contributed by atoms with Crippen LogP contribution in [0.5, 0.6) is 5.75 Å². The number of hydrogen-bond acceptors (Lipinski definition) is 4. The van der Waals surface area contributed by atoms with Crippen LogP contribution in [0, 0.1) is 11.3 Å². The lowest BCUT2D eigenvalue weighted by Gasteiger charge is -2.12. The molecule has 0 saturated heterocycles. The van der Waals surface area contributed by atoms with Gasteiger partial charge in [0.25, 0.3) is 0 Å². The van der Waals surface area contributed by atoms with Crippen molar-refractivity contribution in [1.82, 2.24) is 0 Å². The first-order valence-electron chi connectivity index (χ1n) is 5.93. The molecular formula is C15H11ClN2O3. The number of carboxylic acids is 1. The Morgan fingerprint density at radius 3 is 2.52 bits per heavy atom. The molecule has 0 radical (unpaired) electrons. The maximum absolute atomic E-state index is 11.1. The van der Waals surface area contributed by atoms with Crippen molar-refractivity contribution < 1.29 is 14.6 Å². The molecule has 0 atom stereocenters. The fourth-order valence-electron chi connectivity index (χ4n) is 1.77. The minimum Gasteiger partial charge on any atom is -0.496 e. The average Bonchev–Trinajstić information content (AvgIpc) is 2.49. The van der Waals surface area contributed by atoms with Gasteiger partial charge in [-0.3, -0.25) is 0 Å². The molecule has 0 saturated carbocycles. The molecule has 0 unspecified atom stereocenters. The van der Waals surface area contributed by atoms with Gasteiger partial charge in [-0.25, -0.2) is 4.79 Å². The summed E-state index contributed by atoms with van der Waals surface area (Å²) in [5, 5.41) is 21.1. The Bertz CT molecular complexity index is 721. The fraction of sp³-hybridized carbons (Fsp3) is 0.0667. The zero-order valence-electron chi connectivity index (χ0n) is 11.1. The normalized spacial score (nSPS) is 9.76. The molecular weight excluding hydrogens is 292 g/mol. The van der Waals surface area contributed by atoms with Gasteiger partial charge in [0.15, 0.2) is 0 Å². The number of halogens is 1. The largest absolute Gasteiger partial charge is 0.496 e. The number of ether oxygens (including phenoxy) is 1. The molecule has 0 spiro atoms. The third kappa shape index (κ3) is 3.25. The lowest BCUT2D eigenvalue weighted by molar-refractivity contribution is 0.0693. The van der Waals surface area contributed by atoms with Crippen LogP contribution in [-0.2, 0) is 0 Å². The molecule has 0 fully saturated rings. The van der Waals surface area contributed by atoms with Crippen molar-refractivity contribution in [3.8, 4) is 11.8 Å². The first-order valence-corrected chi connectivity index (χ1v) is 6.31. The molecule has 0 heterocycles. The minimum absolute atomic E-state index is 0.00659. The molecule has 21 heavy (non-hydrogen) atoms. The van der Waals surface area contributed by atoms with Crippen molar-refractivity contribution in [3.63, 3.8) is 0 Å². The van der Waals surface area contributed by atoms with Gasteiger partial charge in [0, 0.05) is 11.8 Å². The Morgan fingerprint density at radius 2 is 2.00 bits per heavy atom. The fourth-order valence-corrected chi connectivity index (χ4v) is 1.98. The van der Waals surface area contributed by atoms with Crippen LogP contribution >= 0.6 is 11.6 Å². The van der Waals surface area contributed by atoms with E-state index in [2.05, 4.69) is 5.32 Å². The molecule has 106 valence electrons. The van der Waals surface area contributed by atoms with E-state index >= 15 is 0 Å². The van der Waals surface area contributed by atoms with Crippen LogP contribution in [0.15, 0.2) is 36.4 Å². The van der Waals surface area contributed by atoms with Gasteiger partial charge in [-0.15, -0.1) is 0 Å². The quantitative estimate of drug-likeness (QED) is 0.900. The van der Waals surface area contributed by atoms with E-state index in [1.807, 2.05) is 6.07 Å². The summed E-state index contributed by atoms with van der Waals surface area (Å²) in [6.07, 6.45) is 0. The molecule has 6 heteroatoms. The van der Waals surface area contributed by atoms with Crippen molar-refractivity contribution in [2.24, 2.45) is 0 Å². The number of carbonyl (C=O) groups is 1. The van der Waals surface area contributed by atoms with Crippen molar-refractivity contribution in [2.75, 3.05) is 12.4 Å². The smallest absolute Gasteiger partial charge is 0.339 e. The Hall–Kier alpha value is -2.71. The van der Waals surface area contributed by atoms with Crippen LogP contribution in [0.4, 0.5) is 11.4 Å². The van der Waals surface area contributed by atoms with Gasteiger partial charge in [-0.05, 0) is 30.3 Å². The van der Waals surface area contributed by atoms with Crippen molar-refractivity contribution >= 4 is 28.9 Å². The highest BCUT2D eigenvalue weighted by molar-refractivity contribution is 6.33. The summed E-state index contributed by atoms with van der Waals surface area (Å²) in [5.41, 5.74) is 1.78. The van der Waals surface area contributed by atoms with E-state index in [-0.39, 0.29) is 16.3 Å². The SMILES string of the molecule is COc1cc(Nc2ccc(C#N)cc2)c(Cl)cc1C(=O)O. The third-order valence-corrected chi connectivity index (χ3v) is 3.13. The van der Waals surface area contributed by atoms with Gasteiger partial charge < -0.3 is 15.2 Å². The third-order valence-electron chi connectivity index (χ3n) is 2.81. The van der Waals surface area contributed by atoms with Crippen molar-refractivity contribution in [3.05, 3.63) is 52.5 Å². The number of nitrogens with zero attached hydrogens (tertiary/aromatic N) is 1. The van der Waals surface area contributed by atoms with E-state index in [9.17, 15) is 4.79 Å². The highest BCUT2D eigenvalue weighted by Gasteiger charge is 2.15. The van der Waals surface area contributed by atoms with E-state index < -0.39 is 5.97 Å². The predicted molar refractivity (Wildman–Crippen MR) is 79.4 cm³/mol. The van der Waals surface area contributed by atoms with E-state index in [0.29, 0.717) is 11.3 Å². The molecule has 2 aromatic carbocycles. The molecule has 5 nitrogen and oxygen atoms in total. The molecule has 0 aromatic heterocycles. The summed E-state index contributed by atoms with van der Waals surface area (Å²) < 4.78 is 5.05. The highest BCUT2D eigenvalue weighted by Crippen LogP contribution is 2.33. The number of nitriles is 1. The summed E-state index contributed by atoms with van der Waals surface area (Å²) in [6, 6.07) is 11.7. The standard InChI is InChI=1S/C15H11ClN2O3/c1-21-14-7-13(12(16)6-11(14)15(19)20)18-10-4-2-9(8-17)3-5-10/h2-7,18H,1H3,(H,19,20). The molecule has 0 aliphatic rings. The number of rotatable bonds is 4. The van der Waals surface area contributed by atoms with Gasteiger partial charge >= 0.3 is 5.97 Å². The first-order chi connectivity index (χ1) is 10.0. The number of carboxylic acid groups (broad SMARTS) is 1. The van der Waals surface area contributed by atoms with E-state index in [4.69, 9.17) is 26.7 Å². The topological polar surface area (TPSA) is 82.3 Å². The van der Waals surface area contributed by atoms with Crippen molar-refractivity contribution in [1.29, 1.82) is 5.26 Å². The summed E-state index contributed by atoms with van der Waals surface area (Å²) in [5.74, 6) is -0.901. The Labute approximate surface area is 126 Å². The van der Waals surface area contributed by atoms with Crippen LogP contribution in [0.1, 0.15) is 15.9 Å². The minimum atomic E-state index is -1.11. The van der Waals surface area contributed by atoms with Gasteiger partial charge in [0.2, 0.25) is 0 Å². The van der Waals surface area contributed by atoms with E-state index in [0.717, 1.165) is 5.69 Å². The second kappa shape index (κ2) is 6.16. The zero-order valence-corrected chi connectivity index (χ0v) is 11.8. The lowest BCUT2D eigenvalue weighted by Crippen LogP contribution is -2.02. The molecule has 0 aliphatic heterocycles. The maximum atomic E-state index is 11.1. The molecule has 0 amide bonds. The summed E-state index contributed by atoms with van der Waals surface area (Å²) >= 11 is 6.08. The molecule has 0 aliphatic carbocycles. The van der Waals surface area contributed by atoms with E-state index in [1.165, 1.54) is 19.2 Å². The van der Waals surface area contributed by atoms with Crippen molar-refractivity contribution in [2.45, 2.75) is 0 Å². The van der Waals surface area contributed by atoms with Gasteiger partial charge in [0.1, 0.15) is 11.3 Å². The molecule has 2 rings (SSSR count). The second-order valence-electron chi connectivity index (χ2n) is 4.15. The number of nitrogens with one attached hydrogen (secondary N) is 1. The van der Waals surface area contributed by atoms with Crippen LogP contribution < -0.4 is 10.1 Å². The molecule has 2 N–H and O–H groups in total. The molecule has 2 aromatic rings. The van der Waals surface area contributed by atoms with Crippen LogP contribution in [0.25, 0.3) is 0 Å². The van der Waals surface area contributed by atoms with Crippen LogP contribution in [0.3, 0.4) is 0 Å². The highest BCUT2D eigenvalue weighted by atomic mass is 35.5. The number of aromatic carboxylic acids is 1. The van der Waals surface area contributed by atoms with Crippen LogP contribution in [0.2, 0.25) is 5.02 Å². The summed E-state index contributed by atoms with van der Waals surface area (Å²) in [6.45, 7) is 0. The lowest BCUT2D eigenvalue weighted by atomic mass is 10.1. The average molecular weight is 303 g/mol. The summed E-state index contributed by atoms with van der Waals surface area (Å²) in [7, 11) is 1.39. The van der Waals surface area contributed by atoms with Gasteiger partial charge in [0.05, 0.1) is 29.5 Å². The number of anilines is 2.